The van der Waals surface area contributed by atoms with Crippen molar-refractivity contribution >= 4 is 29.1 Å². The first-order valence-electron chi connectivity index (χ1n) is 7.67. The van der Waals surface area contributed by atoms with Crippen LogP contribution >= 0.6 is 23.2 Å². The summed E-state index contributed by atoms with van der Waals surface area (Å²) in [5.74, 6) is 1.43. The summed E-state index contributed by atoms with van der Waals surface area (Å²) in [4.78, 5) is 11.9. The lowest BCUT2D eigenvalue weighted by Crippen LogP contribution is -2.37. The molecule has 1 unspecified atom stereocenters. The summed E-state index contributed by atoms with van der Waals surface area (Å²) in [6.07, 6.45) is 0.889. The highest BCUT2D eigenvalue weighted by Crippen LogP contribution is 2.28. The van der Waals surface area contributed by atoms with E-state index < -0.39 is 0 Å². The van der Waals surface area contributed by atoms with E-state index in [1.165, 1.54) is 5.56 Å². The van der Waals surface area contributed by atoms with Crippen LogP contribution in [0.15, 0.2) is 42.5 Å². The van der Waals surface area contributed by atoms with Crippen molar-refractivity contribution in [2.45, 2.75) is 6.42 Å². The highest BCUT2D eigenvalue weighted by atomic mass is 35.5. The van der Waals surface area contributed by atoms with Gasteiger partial charge in [0.25, 0.3) is 5.91 Å². The molecule has 4 nitrogen and oxygen atoms in total. The van der Waals surface area contributed by atoms with Crippen LogP contribution in [-0.4, -0.2) is 25.7 Å². The summed E-state index contributed by atoms with van der Waals surface area (Å²) in [5.41, 5.74) is 1.17. The van der Waals surface area contributed by atoms with Gasteiger partial charge in [-0.15, -0.1) is 0 Å². The van der Waals surface area contributed by atoms with Crippen LogP contribution < -0.4 is 14.8 Å². The molecule has 126 valence electrons. The molecular weight excluding hydrogens is 349 g/mol. The molecule has 1 heterocycles. The Kier molecular flexibility index (Phi) is 5.48. The monoisotopic (exact) mass is 365 g/mol. The molecule has 0 fully saturated rings. The third kappa shape index (κ3) is 4.34. The lowest BCUT2D eigenvalue weighted by atomic mass is 9.97. The molecule has 2 aromatic carbocycles. The van der Waals surface area contributed by atoms with Crippen LogP contribution in [0.2, 0.25) is 10.0 Å². The van der Waals surface area contributed by atoms with Crippen molar-refractivity contribution in [2.75, 3.05) is 19.8 Å². The van der Waals surface area contributed by atoms with E-state index in [2.05, 4.69) is 11.4 Å². The zero-order chi connectivity index (χ0) is 16.9. The molecular formula is C18H17Cl2NO3. The summed E-state index contributed by atoms with van der Waals surface area (Å²) in [6.45, 7) is 1.05. The van der Waals surface area contributed by atoms with E-state index >= 15 is 0 Å². The zero-order valence-electron chi connectivity index (χ0n) is 12.9. The van der Waals surface area contributed by atoms with Crippen molar-refractivity contribution in [1.82, 2.24) is 5.32 Å². The maximum atomic E-state index is 11.9. The number of para-hydroxylation sites is 1. The van der Waals surface area contributed by atoms with Crippen LogP contribution in [0.4, 0.5) is 0 Å². The molecule has 1 aliphatic rings. The average molecular weight is 366 g/mol. The third-order valence-electron chi connectivity index (χ3n) is 3.80. The topological polar surface area (TPSA) is 47.6 Å². The minimum Gasteiger partial charge on any atom is -0.493 e. The summed E-state index contributed by atoms with van der Waals surface area (Å²) < 4.78 is 11.1. The molecule has 0 aromatic heterocycles. The van der Waals surface area contributed by atoms with Gasteiger partial charge in [-0.1, -0.05) is 41.4 Å². The second-order valence-electron chi connectivity index (χ2n) is 5.66. The molecule has 1 amide bonds. The fourth-order valence-electron chi connectivity index (χ4n) is 2.57. The van der Waals surface area contributed by atoms with Gasteiger partial charge in [-0.25, -0.2) is 0 Å². The van der Waals surface area contributed by atoms with Gasteiger partial charge in [0.2, 0.25) is 0 Å². The number of hydrogen-bond donors (Lipinski definition) is 1. The van der Waals surface area contributed by atoms with Crippen molar-refractivity contribution in [3.05, 3.63) is 58.1 Å². The van der Waals surface area contributed by atoms with Crippen molar-refractivity contribution in [3.8, 4) is 11.5 Å². The lowest BCUT2D eigenvalue weighted by Gasteiger charge is -2.25. The van der Waals surface area contributed by atoms with Gasteiger partial charge in [-0.05, 0) is 36.2 Å². The molecule has 0 saturated heterocycles. The molecule has 0 aliphatic carbocycles. The Hall–Kier alpha value is -1.91. The van der Waals surface area contributed by atoms with E-state index in [0.29, 0.717) is 28.9 Å². The number of carbonyl (C=O) groups excluding carboxylic acids is 1. The zero-order valence-corrected chi connectivity index (χ0v) is 14.4. The molecule has 1 aliphatic heterocycles. The van der Waals surface area contributed by atoms with Gasteiger partial charge in [0, 0.05) is 17.5 Å². The number of benzene rings is 2. The summed E-state index contributed by atoms with van der Waals surface area (Å²) in [6, 6.07) is 12.9. The quantitative estimate of drug-likeness (QED) is 0.877. The second-order valence-corrected chi connectivity index (χ2v) is 6.50. The summed E-state index contributed by atoms with van der Waals surface area (Å²) in [5, 5.41) is 3.78. The van der Waals surface area contributed by atoms with Gasteiger partial charge in [0.15, 0.2) is 6.61 Å². The molecule has 24 heavy (non-hydrogen) atoms. The van der Waals surface area contributed by atoms with Crippen LogP contribution in [-0.2, 0) is 11.2 Å². The van der Waals surface area contributed by atoms with Gasteiger partial charge in [-0.2, -0.15) is 0 Å². The maximum Gasteiger partial charge on any atom is 0.257 e. The minimum atomic E-state index is -0.195. The minimum absolute atomic E-state index is 0.0917. The standard InChI is InChI=1S/C18H17Cl2NO3/c19-14-5-6-17(15(20)8-14)24-11-18(22)21-9-12-7-13-3-1-2-4-16(13)23-10-12/h1-6,8,12H,7,9-11H2,(H,21,22). The average Bonchev–Trinajstić information content (AvgIpc) is 2.59. The Morgan fingerprint density at radius 2 is 2.08 bits per heavy atom. The van der Waals surface area contributed by atoms with Gasteiger partial charge in [0.1, 0.15) is 11.5 Å². The van der Waals surface area contributed by atoms with Crippen LogP contribution in [0.3, 0.4) is 0 Å². The number of hydrogen-bond acceptors (Lipinski definition) is 3. The van der Waals surface area contributed by atoms with E-state index in [0.717, 1.165) is 12.2 Å². The number of halogens is 2. The molecule has 0 saturated carbocycles. The maximum absolute atomic E-state index is 11.9. The Balaban J connectivity index is 1.45. The number of rotatable bonds is 5. The predicted octanol–water partition coefficient (Wildman–Crippen LogP) is 3.74. The molecule has 0 spiro atoms. The number of fused-ring (bicyclic) bond motifs is 1. The molecule has 6 heteroatoms. The van der Waals surface area contributed by atoms with Crippen LogP contribution in [0.1, 0.15) is 5.56 Å². The SMILES string of the molecule is O=C(COc1ccc(Cl)cc1Cl)NCC1COc2ccccc2C1. The predicted molar refractivity (Wildman–Crippen MR) is 94.1 cm³/mol. The first kappa shape index (κ1) is 16.9. The van der Waals surface area contributed by atoms with E-state index in [9.17, 15) is 4.79 Å². The Morgan fingerprint density at radius 3 is 2.92 bits per heavy atom. The molecule has 3 rings (SSSR count). The van der Waals surface area contributed by atoms with Crippen molar-refractivity contribution in [3.63, 3.8) is 0 Å². The van der Waals surface area contributed by atoms with Gasteiger partial charge in [0.05, 0.1) is 11.6 Å². The second kappa shape index (κ2) is 7.77. The smallest absolute Gasteiger partial charge is 0.257 e. The van der Waals surface area contributed by atoms with Crippen molar-refractivity contribution in [2.24, 2.45) is 5.92 Å². The molecule has 1 N–H and O–H groups in total. The fraction of sp³-hybridized carbons (Fsp3) is 0.278. The highest BCUT2D eigenvalue weighted by molar-refractivity contribution is 6.35. The Bertz CT molecular complexity index is 736. The Morgan fingerprint density at radius 1 is 1.25 bits per heavy atom. The van der Waals surface area contributed by atoms with Crippen LogP contribution in [0.5, 0.6) is 11.5 Å². The number of nitrogens with one attached hydrogen (secondary N) is 1. The van der Waals surface area contributed by atoms with Crippen molar-refractivity contribution < 1.29 is 14.3 Å². The van der Waals surface area contributed by atoms with E-state index in [-0.39, 0.29) is 18.4 Å². The van der Waals surface area contributed by atoms with Gasteiger partial charge < -0.3 is 14.8 Å². The first-order chi connectivity index (χ1) is 11.6. The van der Waals surface area contributed by atoms with Gasteiger partial charge >= 0.3 is 0 Å². The molecule has 1 atom stereocenters. The highest BCUT2D eigenvalue weighted by Gasteiger charge is 2.20. The summed E-state index contributed by atoms with van der Waals surface area (Å²) in [7, 11) is 0. The number of amides is 1. The summed E-state index contributed by atoms with van der Waals surface area (Å²) >= 11 is 11.8. The molecule has 2 aromatic rings. The first-order valence-corrected chi connectivity index (χ1v) is 8.42. The molecule has 0 radical (unpaired) electrons. The Labute approximate surface area is 150 Å². The third-order valence-corrected chi connectivity index (χ3v) is 4.33. The largest absolute Gasteiger partial charge is 0.493 e. The van der Waals surface area contributed by atoms with E-state index in [1.807, 2.05) is 18.2 Å². The fourth-order valence-corrected chi connectivity index (χ4v) is 3.03. The van der Waals surface area contributed by atoms with E-state index in [4.69, 9.17) is 32.7 Å². The number of ether oxygens (including phenoxy) is 2. The molecule has 0 bridgehead atoms. The number of carbonyl (C=O) groups is 1. The van der Waals surface area contributed by atoms with E-state index in [1.54, 1.807) is 18.2 Å². The van der Waals surface area contributed by atoms with Crippen LogP contribution in [0.25, 0.3) is 0 Å². The lowest BCUT2D eigenvalue weighted by molar-refractivity contribution is -0.123. The van der Waals surface area contributed by atoms with Crippen molar-refractivity contribution in [1.29, 1.82) is 0 Å². The normalized spacial score (nSPS) is 16.0. The van der Waals surface area contributed by atoms with Gasteiger partial charge in [-0.3, -0.25) is 4.79 Å². The van der Waals surface area contributed by atoms with Crippen LogP contribution in [0, 0.1) is 5.92 Å².